The summed E-state index contributed by atoms with van der Waals surface area (Å²) in [5.74, 6) is 2.31. The van der Waals surface area contributed by atoms with E-state index in [-0.39, 0.29) is 6.10 Å². The van der Waals surface area contributed by atoms with Crippen molar-refractivity contribution in [3.05, 3.63) is 0 Å². The Morgan fingerprint density at radius 3 is 2.62 bits per heavy atom. The predicted octanol–water partition coefficient (Wildman–Crippen LogP) is 3.20. The molecule has 4 atom stereocenters. The predicted molar refractivity (Wildman–Crippen MR) is 64.3 cm³/mol. The molecule has 4 unspecified atom stereocenters. The molecule has 16 heavy (non-hydrogen) atoms. The lowest BCUT2D eigenvalue weighted by molar-refractivity contribution is -0.126. The summed E-state index contributed by atoms with van der Waals surface area (Å²) in [4.78, 5) is 12.1. The second-order valence-corrected chi connectivity index (χ2v) is 5.77. The summed E-state index contributed by atoms with van der Waals surface area (Å²) in [6, 6.07) is 0. The molecule has 2 rings (SSSR count). The van der Waals surface area contributed by atoms with E-state index in [0.717, 1.165) is 38.2 Å². The molecule has 0 aromatic rings. The number of carbonyl (C=O) groups is 1. The van der Waals surface area contributed by atoms with E-state index in [1.807, 2.05) is 0 Å². The van der Waals surface area contributed by atoms with Crippen molar-refractivity contribution >= 4 is 5.78 Å². The fraction of sp³-hybridized carbons (Fsp3) is 0.929. The fourth-order valence-electron chi connectivity index (χ4n) is 3.04. The van der Waals surface area contributed by atoms with Gasteiger partial charge < -0.3 is 4.74 Å². The Morgan fingerprint density at radius 1 is 1.19 bits per heavy atom. The molecule has 2 nitrogen and oxygen atoms in total. The number of hydrogen-bond donors (Lipinski definition) is 0. The molecule has 0 N–H and O–H groups in total. The highest BCUT2D eigenvalue weighted by Crippen LogP contribution is 2.34. The number of carbonyl (C=O) groups excluding carboxylic acids is 1. The number of Topliss-reactive ketones (excluding diaryl/α,β-unsaturated/α-hetero) is 1. The smallest absolute Gasteiger partial charge is 0.138 e. The molecular weight excluding hydrogens is 200 g/mol. The van der Waals surface area contributed by atoms with Gasteiger partial charge >= 0.3 is 0 Å². The topological polar surface area (TPSA) is 26.3 Å². The van der Waals surface area contributed by atoms with Gasteiger partial charge in [-0.3, -0.25) is 4.79 Å². The average Bonchev–Trinajstić information content (AvgIpc) is 2.74. The van der Waals surface area contributed by atoms with E-state index in [1.54, 1.807) is 0 Å². The second kappa shape index (κ2) is 5.31. The van der Waals surface area contributed by atoms with E-state index >= 15 is 0 Å². The Balaban J connectivity index is 1.80. The van der Waals surface area contributed by atoms with E-state index in [9.17, 15) is 4.79 Å². The summed E-state index contributed by atoms with van der Waals surface area (Å²) in [6.45, 7) is 5.46. The van der Waals surface area contributed by atoms with Crippen LogP contribution < -0.4 is 0 Å². The zero-order chi connectivity index (χ0) is 11.5. The highest BCUT2D eigenvalue weighted by atomic mass is 16.5. The van der Waals surface area contributed by atoms with E-state index in [2.05, 4.69) is 13.8 Å². The molecular formula is C14H24O2. The van der Waals surface area contributed by atoms with Crippen LogP contribution in [-0.2, 0) is 9.53 Å². The van der Waals surface area contributed by atoms with Crippen molar-refractivity contribution in [3.63, 3.8) is 0 Å². The van der Waals surface area contributed by atoms with Gasteiger partial charge in [0.1, 0.15) is 5.78 Å². The van der Waals surface area contributed by atoms with Crippen LogP contribution in [-0.4, -0.2) is 18.5 Å². The summed E-state index contributed by atoms with van der Waals surface area (Å²) in [5.41, 5.74) is 0. The zero-order valence-electron chi connectivity index (χ0n) is 10.6. The lowest BCUT2D eigenvalue weighted by Crippen LogP contribution is -2.28. The minimum atomic E-state index is 0.238. The molecule has 2 aliphatic rings. The first-order valence-corrected chi connectivity index (χ1v) is 6.81. The van der Waals surface area contributed by atoms with Crippen molar-refractivity contribution in [1.82, 2.24) is 0 Å². The first-order chi connectivity index (χ1) is 7.66. The standard InChI is InChI=1S/C14H24O2/c1-10-5-6-12(8-11(10)2)14(15)9-13-4-3-7-16-13/h10-13H,3-9H2,1-2H3. The third-order valence-electron chi connectivity index (χ3n) is 4.51. The maximum atomic E-state index is 12.1. The molecule has 0 bridgehead atoms. The molecule has 1 saturated carbocycles. The minimum absolute atomic E-state index is 0.238. The van der Waals surface area contributed by atoms with Gasteiger partial charge in [0.15, 0.2) is 0 Å². The Bertz CT molecular complexity index is 243. The quantitative estimate of drug-likeness (QED) is 0.736. The maximum Gasteiger partial charge on any atom is 0.138 e. The van der Waals surface area contributed by atoms with Gasteiger partial charge in [-0.2, -0.15) is 0 Å². The van der Waals surface area contributed by atoms with Crippen molar-refractivity contribution in [2.45, 2.75) is 58.5 Å². The van der Waals surface area contributed by atoms with Gasteiger partial charge in [0, 0.05) is 18.9 Å². The van der Waals surface area contributed by atoms with Gasteiger partial charge in [0.2, 0.25) is 0 Å². The van der Waals surface area contributed by atoms with Crippen molar-refractivity contribution in [2.75, 3.05) is 6.61 Å². The SMILES string of the molecule is CC1CCC(C(=O)CC2CCCO2)CC1C. The number of ether oxygens (including phenoxy) is 1. The zero-order valence-corrected chi connectivity index (χ0v) is 10.6. The highest BCUT2D eigenvalue weighted by molar-refractivity contribution is 5.81. The third kappa shape index (κ3) is 2.85. The molecule has 0 aromatic heterocycles. The van der Waals surface area contributed by atoms with Crippen LogP contribution in [0.2, 0.25) is 0 Å². The lowest BCUT2D eigenvalue weighted by atomic mass is 9.73. The van der Waals surface area contributed by atoms with E-state index < -0.39 is 0 Å². The van der Waals surface area contributed by atoms with Crippen LogP contribution >= 0.6 is 0 Å². The summed E-state index contributed by atoms with van der Waals surface area (Å²) >= 11 is 0. The normalized spacial score (nSPS) is 39.9. The Kier molecular flexibility index (Phi) is 4.01. The molecule has 0 amide bonds. The fourth-order valence-corrected chi connectivity index (χ4v) is 3.04. The number of rotatable bonds is 3. The first-order valence-electron chi connectivity index (χ1n) is 6.81. The molecule has 92 valence electrons. The van der Waals surface area contributed by atoms with Crippen LogP contribution in [0.5, 0.6) is 0 Å². The Hall–Kier alpha value is -0.370. The van der Waals surface area contributed by atoms with Crippen LogP contribution in [0.1, 0.15) is 52.4 Å². The molecule has 0 radical (unpaired) electrons. The number of hydrogen-bond acceptors (Lipinski definition) is 2. The molecule has 1 heterocycles. The molecule has 1 aliphatic carbocycles. The molecule has 0 aromatic carbocycles. The van der Waals surface area contributed by atoms with Gasteiger partial charge in [-0.05, 0) is 43.9 Å². The van der Waals surface area contributed by atoms with Crippen molar-refractivity contribution < 1.29 is 9.53 Å². The largest absolute Gasteiger partial charge is 0.378 e. The van der Waals surface area contributed by atoms with Crippen molar-refractivity contribution in [1.29, 1.82) is 0 Å². The first kappa shape index (κ1) is 12.1. The molecule has 1 saturated heterocycles. The number of ketones is 1. The van der Waals surface area contributed by atoms with E-state index in [0.29, 0.717) is 24.0 Å². The molecule has 1 aliphatic heterocycles. The van der Waals surface area contributed by atoms with Gasteiger partial charge in [-0.1, -0.05) is 13.8 Å². The van der Waals surface area contributed by atoms with E-state index in [1.165, 1.54) is 6.42 Å². The van der Waals surface area contributed by atoms with Crippen LogP contribution in [0.25, 0.3) is 0 Å². The van der Waals surface area contributed by atoms with Crippen LogP contribution in [0.4, 0.5) is 0 Å². The maximum absolute atomic E-state index is 12.1. The van der Waals surface area contributed by atoms with E-state index in [4.69, 9.17) is 4.74 Å². The lowest BCUT2D eigenvalue weighted by Gasteiger charge is -2.31. The minimum Gasteiger partial charge on any atom is -0.378 e. The van der Waals surface area contributed by atoms with Crippen LogP contribution in [0.15, 0.2) is 0 Å². The summed E-state index contributed by atoms with van der Waals surface area (Å²) in [5, 5.41) is 0. The van der Waals surface area contributed by atoms with Crippen molar-refractivity contribution in [3.8, 4) is 0 Å². The average molecular weight is 224 g/mol. The molecule has 0 spiro atoms. The monoisotopic (exact) mass is 224 g/mol. The Labute approximate surface area is 98.7 Å². The van der Waals surface area contributed by atoms with Gasteiger partial charge in [0.25, 0.3) is 0 Å². The highest BCUT2D eigenvalue weighted by Gasteiger charge is 2.30. The summed E-state index contributed by atoms with van der Waals surface area (Å²) in [6.07, 6.45) is 6.57. The van der Waals surface area contributed by atoms with Crippen LogP contribution in [0, 0.1) is 17.8 Å². The van der Waals surface area contributed by atoms with Gasteiger partial charge in [0.05, 0.1) is 6.10 Å². The molecule has 2 fully saturated rings. The Morgan fingerprint density at radius 2 is 2.00 bits per heavy atom. The van der Waals surface area contributed by atoms with Gasteiger partial charge in [-0.15, -0.1) is 0 Å². The third-order valence-corrected chi connectivity index (χ3v) is 4.51. The van der Waals surface area contributed by atoms with Crippen LogP contribution in [0.3, 0.4) is 0 Å². The summed E-state index contributed by atoms with van der Waals surface area (Å²) in [7, 11) is 0. The second-order valence-electron chi connectivity index (χ2n) is 5.77. The molecule has 2 heteroatoms. The van der Waals surface area contributed by atoms with Gasteiger partial charge in [-0.25, -0.2) is 0 Å². The summed E-state index contributed by atoms with van der Waals surface area (Å²) < 4.78 is 5.54. The van der Waals surface area contributed by atoms with Crippen molar-refractivity contribution in [2.24, 2.45) is 17.8 Å².